The molecule has 1 aliphatic rings. The van der Waals surface area contributed by atoms with Gasteiger partial charge in [-0.2, -0.15) is 0 Å². The molecule has 2 rings (SSSR count). The second-order valence-electron chi connectivity index (χ2n) is 3.51. The van der Waals surface area contributed by atoms with Crippen LogP contribution in [0.5, 0.6) is 0 Å². The first-order valence-electron chi connectivity index (χ1n) is 4.54. The van der Waals surface area contributed by atoms with Crippen LogP contribution in [0.2, 0.25) is 0 Å². The topological polar surface area (TPSA) is 34.1 Å². The van der Waals surface area contributed by atoms with E-state index in [4.69, 9.17) is 11.6 Å². The van der Waals surface area contributed by atoms with Crippen molar-refractivity contribution in [3.8, 4) is 0 Å². The van der Waals surface area contributed by atoms with E-state index in [1.54, 1.807) is 12.1 Å². The minimum Gasteiger partial charge on any atom is -0.222 e. The number of fused-ring (bicyclic) bond motifs is 1. The lowest BCUT2D eigenvalue weighted by molar-refractivity contribution is 0.600. The van der Waals surface area contributed by atoms with E-state index in [0.29, 0.717) is 4.90 Å². The lowest BCUT2D eigenvalue weighted by Gasteiger charge is -2.03. The molecule has 0 fully saturated rings. The lowest BCUT2D eigenvalue weighted by Crippen LogP contribution is -2.02. The molecule has 0 radical (unpaired) electrons. The van der Waals surface area contributed by atoms with Gasteiger partial charge >= 0.3 is 0 Å². The molecule has 1 aliphatic carbocycles. The SMILES string of the molecule is O=S(=O)(CCl)c1ccc2c(c1)CCC2. The summed E-state index contributed by atoms with van der Waals surface area (Å²) in [4.78, 5) is 0.355. The highest BCUT2D eigenvalue weighted by Gasteiger charge is 2.17. The maximum absolute atomic E-state index is 11.5. The Morgan fingerprint density at radius 1 is 1.21 bits per heavy atom. The Labute approximate surface area is 88.8 Å². The van der Waals surface area contributed by atoms with Gasteiger partial charge in [0.05, 0.1) is 4.90 Å². The Bertz CT molecular complexity index is 451. The summed E-state index contributed by atoms with van der Waals surface area (Å²) in [7, 11) is -3.25. The number of halogens is 1. The van der Waals surface area contributed by atoms with Crippen molar-refractivity contribution >= 4 is 21.4 Å². The van der Waals surface area contributed by atoms with Crippen LogP contribution in [0.3, 0.4) is 0 Å². The van der Waals surface area contributed by atoms with Gasteiger partial charge < -0.3 is 0 Å². The fraction of sp³-hybridized carbons (Fsp3) is 0.400. The molecule has 0 saturated carbocycles. The summed E-state index contributed by atoms with van der Waals surface area (Å²) in [6.07, 6.45) is 3.18. The average Bonchev–Trinajstić information content (AvgIpc) is 2.64. The van der Waals surface area contributed by atoms with E-state index in [-0.39, 0.29) is 5.21 Å². The Morgan fingerprint density at radius 3 is 2.64 bits per heavy atom. The van der Waals surface area contributed by atoms with Gasteiger partial charge in [0.1, 0.15) is 5.21 Å². The first-order valence-corrected chi connectivity index (χ1v) is 6.73. The second-order valence-corrected chi connectivity index (χ2v) is 6.08. The molecule has 0 spiro atoms. The number of rotatable bonds is 2. The first kappa shape index (κ1) is 9.99. The number of hydrogen-bond donors (Lipinski definition) is 0. The van der Waals surface area contributed by atoms with Crippen molar-refractivity contribution in [2.75, 3.05) is 5.21 Å². The maximum Gasteiger partial charge on any atom is 0.192 e. The highest BCUT2D eigenvalue weighted by atomic mass is 35.5. The van der Waals surface area contributed by atoms with Crippen molar-refractivity contribution in [3.63, 3.8) is 0 Å². The van der Waals surface area contributed by atoms with Crippen LogP contribution in [-0.2, 0) is 22.7 Å². The molecule has 0 saturated heterocycles. The fourth-order valence-electron chi connectivity index (χ4n) is 1.80. The standard InChI is InChI=1S/C10H11ClO2S/c11-7-14(12,13)10-5-4-8-2-1-3-9(8)6-10/h4-6H,1-3,7H2. The van der Waals surface area contributed by atoms with Gasteiger partial charge in [0, 0.05) is 0 Å². The van der Waals surface area contributed by atoms with Gasteiger partial charge in [-0.25, -0.2) is 8.42 Å². The third-order valence-corrected chi connectivity index (χ3v) is 4.69. The van der Waals surface area contributed by atoms with E-state index < -0.39 is 9.84 Å². The molecule has 1 aromatic carbocycles. The lowest BCUT2D eigenvalue weighted by atomic mass is 10.1. The predicted octanol–water partition coefficient (Wildman–Crippen LogP) is 2.15. The van der Waals surface area contributed by atoms with Crippen LogP contribution in [0.25, 0.3) is 0 Å². The predicted molar refractivity (Wildman–Crippen MR) is 56.4 cm³/mol. The summed E-state index contributed by atoms with van der Waals surface area (Å²) in [6.45, 7) is 0. The van der Waals surface area contributed by atoms with Crippen molar-refractivity contribution in [2.45, 2.75) is 24.2 Å². The normalized spacial score (nSPS) is 15.5. The van der Waals surface area contributed by atoms with Gasteiger partial charge in [-0.05, 0) is 42.5 Å². The Kier molecular flexibility index (Phi) is 2.54. The average molecular weight is 231 g/mol. The molecule has 0 heterocycles. The number of sulfone groups is 1. The van der Waals surface area contributed by atoms with Crippen molar-refractivity contribution in [3.05, 3.63) is 29.3 Å². The van der Waals surface area contributed by atoms with Gasteiger partial charge in [-0.1, -0.05) is 6.07 Å². The molecule has 0 aromatic heterocycles. The molecule has 0 atom stereocenters. The summed E-state index contributed by atoms with van der Waals surface area (Å²) >= 11 is 5.39. The molecule has 4 heteroatoms. The van der Waals surface area contributed by atoms with Gasteiger partial charge in [-0.15, -0.1) is 11.6 Å². The zero-order valence-electron chi connectivity index (χ0n) is 7.66. The molecule has 0 aliphatic heterocycles. The van der Waals surface area contributed by atoms with E-state index in [2.05, 4.69) is 0 Å². The van der Waals surface area contributed by atoms with Crippen molar-refractivity contribution in [1.29, 1.82) is 0 Å². The van der Waals surface area contributed by atoms with Gasteiger partial charge in [0.25, 0.3) is 0 Å². The van der Waals surface area contributed by atoms with Crippen molar-refractivity contribution in [1.82, 2.24) is 0 Å². The second kappa shape index (κ2) is 3.55. The molecule has 0 unspecified atom stereocenters. The van der Waals surface area contributed by atoms with Gasteiger partial charge in [0.15, 0.2) is 9.84 Å². The first-order chi connectivity index (χ1) is 6.63. The van der Waals surface area contributed by atoms with Crippen LogP contribution < -0.4 is 0 Å². The van der Waals surface area contributed by atoms with Crippen LogP contribution in [0.15, 0.2) is 23.1 Å². The molecule has 1 aromatic rings. The van der Waals surface area contributed by atoms with Crippen molar-refractivity contribution in [2.24, 2.45) is 0 Å². The van der Waals surface area contributed by atoms with E-state index in [9.17, 15) is 8.42 Å². The summed E-state index contributed by atoms with van der Waals surface area (Å²) in [6, 6.07) is 5.32. The largest absolute Gasteiger partial charge is 0.222 e. The zero-order valence-corrected chi connectivity index (χ0v) is 9.24. The van der Waals surface area contributed by atoms with E-state index in [1.165, 1.54) is 5.56 Å². The third-order valence-electron chi connectivity index (χ3n) is 2.57. The number of hydrogen-bond acceptors (Lipinski definition) is 2. The smallest absolute Gasteiger partial charge is 0.192 e. The van der Waals surface area contributed by atoms with Crippen molar-refractivity contribution < 1.29 is 8.42 Å². The molecule has 0 N–H and O–H groups in total. The minimum absolute atomic E-state index is 0.341. The van der Waals surface area contributed by atoms with Gasteiger partial charge in [-0.3, -0.25) is 0 Å². The van der Waals surface area contributed by atoms with Crippen LogP contribution in [0.1, 0.15) is 17.5 Å². The molecule has 0 amide bonds. The summed E-state index contributed by atoms with van der Waals surface area (Å²) in [5.74, 6) is 0. The highest BCUT2D eigenvalue weighted by Crippen LogP contribution is 2.25. The Hall–Kier alpha value is -0.540. The monoisotopic (exact) mass is 230 g/mol. The Balaban J connectivity index is 2.48. The highest BCUT2D eigenvalue weighted by molar-refractivity contribution is 7.92. The third kappa shape index (κ3) is 1.66. The molecule has 76 valence electrons. The molecular weight excluding hydrogens is 220 g/mol. The van der Waals surface area contributed by atoms with Crippen LogP contribution in [0.4, 0.5) is 0 Å². The minimum atomic E-state index is -3.25. The molecule has 0 bridgehead atoms. The van der Waals surface area contributed by atoms with Crippen LogP contribution in [0, 0.1) is 0 Å². The number of aryl methyl sites for hydroxylation is 2. The quantitative estimate of drug-likeness (QED) is 0.730. The van der Waals surface area contributed by atoms with Gasteiger partial charge in [0.2, 0.25) is 0 Å². The summed E-state index contributed by atoms with van der Waals surface area (Å²) in [5, 5.41) is -0.341. The summed E-state index contributed by atoms with van der Waals surface area (Å²) < 4.78 is 22.9. The van der Waals surface area contributed by atoms with Crippen LogP contribution >= 0.6 is 11.6 Å². The van der Waals surface area contributed by atoms with E-state index in [1.807, 2.05) is 6.07 Å². The number of alkyl halides is 1. The Morgan fingerprint density at radius 2 is 1.93 bits per heavy atom. The van der Waals surface area contributed by atoms with E-state index in [0.717, 1.165) is 24.8 Å². The zero-order chi connectivity index (χ0) is 10.2. The van der Waals surface area contributed by atoms with Crippen LogP contribution in [-0.4, -0.2) is 13.6 Å². The molecule has 2 nitrogen and oxygen atoms in total. The summed E-state index contributed by atoms with van der Waals surface area (Å²) in [5.41, 5.74) is 2.44. The molecule has 14 heavy (non-hydrogen) atoms. The molecular formula is C10H11ClO2S. The fourth-order valence-corrected chi connectivity index (χ4v) is 2.91. The van der Waals surface area contributed by atoms with E-state index >= 15 is 0 Å². The number of benzene rings is 1. The maximum atomic E-state index is 11.5.